The predicted molar refractivity (Wildman–Crippen MR) is 130 cm³/mol. The van der Waals surface area contributed by atoms with Gasteiger partial charge in [-0.25, -0.2) is 4.79 Å². The van der Waals surface area contributed by atoms with E-state index in [4.69, 9.17) is 14.5 Å². The van der Waals surface area contributed by atoms with Crippen molar-refractivity contribution in [1.82, 2.24) is 15.6 Å². The van der Waals surface area contributed by atoms with Gasteiger partial charge in [-0.05, 0) is 78.2 Å². The van der Waals surface area contributed by atoms with E-state index < -0.39 is 17.1 Å². The SMILES string of the molecule is CCOC(=O)C1(/C=C/c2ccc3ccc([C@@H](C)NC(=O)OC(C)(C)C)nc3c2)CCNCC1. The van der Waals surface area contributed by atoms with Crippen molar-refractivity contribution in [3.05, 3.63) is 47.7 Å². The molecule has 1 atom stereocenters. The van der Waals surface area contributed by atoms with E-state index in [1.165, 1.54) is 0 Å². The third-order valence-electron chi connectivity index (χ3n) is 5.69. The number of pyridine rings is 1. The van der Waals surface area contributed by atoms with Gasteiger partial charge in [0, 0.05) is 5.39 Å². The third-order valence-corrected chi connectivity index (χ3v) is 5.69. The van der Waals surface area contributed by atoms with Crippen LogP contribution in [0.25, 0.3) is 17.0 Å². The number of carbonyl (C=O) groups is 2. The number of hydrogen-bond acceptors (Lipinski definition) is 6. The van der Waals surface area contributed by atoms with E-state index in [2.05, 4.69) is 10.6 Å². The van der Waals surface area contributed by atoms with Crippen LogP contribution in [0.3, 0.4) is 0 Å². The molecule has 1 aliphatic heterocycles. The maximum absolute atomic E-state index is 12.7. The first kappa shape index (κ1) is 24.7. The second-order valence-corrected chi connectivity index (χ2v) is 9.52. The molecule has 2 aromatic rings. The van der Waals surface area contributed by atoms with Crippen molar-refractivity contribution in [2.24, 2.45) is 5.41 Å². The van der Waals surface area contributed by atoms with E-state index in [1.807, 2.05) is 77.1 Å². The fourth-order valence-electron chi connectivity index (χ4n) is 3.90. The zero-order valence-corrected chi connectivity index (χ0v) is 20.2. The van der Waals surface area contributed by atoms with E-state index in [0.29, 0.717) is 19.4 Å². The Morgan fingerprint density at radius 1 is 1.21 bits per heavy atom. The summed E-state index contributed by atoms with van der Waals surface area (Å²) in [5, 5.41) is 7.15. The van der Waals surface area contributed by atoms with Gasteiger partial charge in [-0.3, -0.25) is 9.78 Å². The Kier molecular flexibility index (Phi) is 7.74. The van der Waals surface area contributed by atoms with E-state index in [-0.39, 0.29) is 12.0 Å². The molecule has 0 spiro atoms. The molecule has 1 amide bonds. The highest BCUT2D eigenvalue weighted by molar-refractivity contribution is 5.83. The predicted octanol–water partition coefficient (Wildman–Crippen LogP) is 4.77. The lowest BCUT2D eigenvalue weighted by Crippen LogP contribution is -2.41. The van der Waals surface area contributed by atoms with Gasteiger partial charge in [-0.15, -0.1) is 0 Å². The van der Waals surface area contributed by atoms with Crippen LogP contribution < -0.4 is 10.6 Å². The first-order valence-corrected chi connectivity index (χ1v) is 11.6. The fourth-order valence-corrected chi connectivity index (χ4v) is 3.90. The Labute approximate surface area is 195 Å². The number of fused-ring (bicyclic) bond motifs is 1. The van der Waals surface area contributed by atoms with E-state index in [1.54, 1.807) is 0 Å². The van der Waals surface area contributed by atoms with Gasteiger partial charge in [0.25, 0.3) is 0 Å². The van der Waals surface area contributed by atoms with Crippen LogP contribution in [0.2, 0.25) is 0 Å². The molecular formula is C26H35N3O4. The Morgan fingerprint density at radius 3 is 2.58 bits per heavy atom. The molecule has 1 fully saturated rings. The largest absolute Gasteiger partial charge is 0.465 e. The van der Waals surface area contributed by atoms with E-state index >= 15 is 0 Å². The lowest BCUT2D eigenvalue weighted by Gasteiger charge is -2.32. The molecule has 7 heteroatoms. The van der Waals surface area contributed by atoms with Crippen LogP contribution in [0.4, 0.5) is 4.79 Å². The average Bonchev–Trinajstić information content (AvgIpc) is 2.76. The van der Waals surface area contributed by atoms with Crippen LogP contribution in [0.5, 0.6) is 0 Å². The average molecular weight is 454 g/mol. The summed E-state index contributed by atoms with van der Waals surface area (Å²) in [5.74, 6) is -0.161. The van der Waals surface area contributed by atoms with Gasteiger partial charge >= 0.3 is 12.1 Å². The number of alkyl carbamates (subject to hydrolysis) is 1. The van der Waals surface area contributed by atoms with Gasteiger partial charge in [-0.1, -0.05) is 30.4 Å². The maximum atomic E-state index is 12.7. The Morgan fingerprint density at radius 2 is 1.91 bits per heavy atom. The second-order valence-electron chi connectivity index (χ2n) is 9.52. The number of rotatable bonds is 6. The fraction of sp³-hybridized carbons (Fsp3) is 0.500. The van der Waals surface area contributed by atoms with Crippen LogP contribution in [-0.2, 0) is 14.3 Å². The first-order chi connectivity index (χ1) is 15.6. The summed E-state index contributed by atoms with van der Waals surface area (Å²) in [6, 6.07) is 9.62. The highest BCUT2D eigenvalue weighted by Gasteiger charge is 2.38. The maximum Gasteiger partial charge on any atom is 0.408 e. The van der Waals surface area contributed by atoms with Crippen LogP contribution in [0.1, 0.15) is 64.8 Å². The van der Waals surface area contributed by atoms with Crippen molar-refractivity contribution in [2.45, 2.75) is 59.1 Å². The van der Waals surface area contributed by atoms with Gasteiger partial charge in [-0.2, -0.15) is 0 Å². The number of benzene rings is 1. The Hall–Kier alpha value is -2.93. The van der Waals surface area contributed by atoms with Crippen LogP contribution in [0, 0.1) is 5.41 Å². The number of carbonyl (C=O) groups excluding carboxylic acids is 2. The van der Waals surface area contributed by atoms with Gasteiger partial charge < -0.3 is 20.1 Å². The summed E-state index contributed by atoms with van der Waals surface area (Å²) in [5.41, 5.74) is 1.37. The molecule has 7 nitrogen and oxygen atoms in total. The second kappa shape index (κ2) is 10.3. The van der Waals surface area contributed by atoms with Crippen molar-refractivity contribution in [3.8, 4) is 0 Å². The summed E-state index contributed by atoms with van der Waals surface area (Å²) in [7, 11) is 0. The van der Waals surface area contributed by atoms with Crippen molar-refractivity contribution < 1.29 is 19.1 Å². The lowest BCUT2D eigenvalue weighted by molar-refractivity contribution is -0.153. The molecule has 2 heterocycles. The van der Waals surface area contributed by atoms with Crippen molar-refractivity contribution in [1.29, 1.82) is 0 Å². The standard InChI is InChI=1S/C26H35N3O4/c1-6-32-23(30)26(13-15-27-16-14-26)12-11-19-7-8-20-9-10-21(29-22(20)17-19)18(2)28-24(31)33-25(3,4)5/h7-12,17-18,27H,6,13-16H2,1-5H3,(H,28,31)/b12-11+/t18-/m1/s1. The molecule has 1 aliphatic rings. The number of aromatic nitrogens is 1. The zero-order valence-electron chi connectivity index (χ0n) is 20.2. The molecule has 1 saturated heterocycles. The molecule has 178 valence electrons. The Bertz CT molecular complexity index is 1020. The minimum absolute atomic E-state index is 0.161. The monoisotopic (exact) mass is 453 g/mol. The summed E-state index contributed by atoms with van der Waals surface area (Å²) in [6.45, 7) is 11.1. The quantitative estimate of drug-likeness (QED) is 0.613. The molecular weight excluding hydrogens is 418 g/mol. The normalized spacial score (nSPS) is 17.0. The minimum atomic E-state index is -0.600. The first-order valence-electron chi connectivity index (χ1n) is 11.6. The number of ether oxygens (including phenoxy) is 2. The van der Waals surface area contributed by atoms with Crippen LogP contribution in [-0.4, -0.2) is 42.3 Å². The number of esters is 1. The molecule has 2 N–H and O–H groups in total. The number of amides is 1. The van der Waals surface area contributed by atoms with E-state index in [0.717, 1.165) is 35.2 Å². The smallest absolute Gasteiger partial charge is 0.408 e. The summed E-state index contributed by atoms with van der Waals surface area (Å²) in [6.07, 6.45) is 4.93. The molecule has 1 aromatic heterocycles. The summed E-state index contributed by atoms with van der Waals surface area (Å²) >= 11 is 0. The van der Waals surface area contributed by atoms with Gasteiger partial charge in [0.1, 0.15) is 5.60 Å². The lowest BCUT2D eigenvalue weighted by atomic mass is 9.78. The van der Waals surface area contributed by atoms with Gasteiger partial charge in [0.15, 0.2) is 0 Å². The van der Waals surface area contributed by atoms with Crippen molar-refractivity contribution in [2.75, 3.05) is 19.7 Å². The van der Waals surface area contributed by atoms with Gasteiger partial charge in [0.05, 0.1) is 29.3 Å². The number of piperidine rings is 1. The molecule has 0 unspecified atom stereocenters. The topological polar surface area (TPSA) is 89.5 Å². The molecule has 0 bridgehead atoms. The molecule has 33 heavy (non-hydrogen) atoms. The zero-order chi connectivity index (χ0) is 24.1. The molecule has 1 aromatic carbocycles. The summed E-state index contributed by atoms with van der Waals surface area (Å²) < 4.78 is 10.7. The number of hydrogen-bond donors (Lipinski definition) is 2. The van der Waals surface area contributed by atoms with Crippen molar-refractivity contribution >= 4 is 29.0 Å². The number of nitrogens with zero attached hydrogens (tertiary/aromatic N) is 1. The van der Waals surface area contributed by atoms with Crippen LogP contribution >= 0.6 is 0 Å². The number of nitrogens with one attached hydrogen (secondary N) is 2. The van der Waals surface area contributed by atoms with Gasteiger partial charge in [0.2, 0.25) is 0 Å². The highest BCUT2D eigenvalue weighted by Crippen LogP contribution is 2.33. The molecule has 0 radical (unpaired) electrons. The molecule has 0 aliphatic carbocycles. The molecule has 0 saturated carbocycles. The van der Waals surface area contributed by atoms with Crippen molar-refractivity contribution in [3.63, 3.8) is 0 Å². The Balaban J connectivity index is 1.81. The minimum Gasteiger partial charge on any atom is -0.465 e. The van der Waals surface area contributed by atoms with Crippen LogP contribution in [0.15, 0.2) is 36.4 Å². The molecule has 3 rings (SSSR count). The van der Waals surface area contributed by atoms with E-state index in [9.17, 15) is 9.59 Å². The highest BCUT2D eigenvalue weighted by atomic mass is 16.6. The summed E-state index contributed by atoms with van der Waals surface area (Å²) in [4.78, 5) is 29.6. The third kappa shape index (κ3) is 6.54.